The van der Waals surface area contributed by atoms with Crippen LogP contribution in [-0.2, 0) is 4.79 Å². The zero-order valence-corrected chi connectivity index (χ0v) is 14.1. The summed E-state index contributed by atoms with van der Waals surface area (Å²) in [6.45, 7) is 3.17. The molecule has 3 aromatic rings. The van der Waals surface area contributed by atoms with Crippen LogP contribution in [0.15, 0.2) is 47.0 Å². The van der Waals surface area contributed by atoms with Crippen molar-refractivity contribution in [3.8, 4) is 0 Å². The van der Waals surface area contributed by atoms with E-state index in [0.717, 1.165) is 5.69 Å². The number of aromatic nitrogens is 3. The Kier molecular flexibility index (Phi) is 4.88. The molecule has 2 aromatic heterocycles. The van der Waals surface area contributed by atoms with Crippen molar-refractivity contribution < 1.29 is 14.1 Å². The molecule has 0 fully saturated rings. The van der Waals surface area contributed by atoms with Crippen LogP contribution in [0, 0.1) is 6.92 Å². The Labute approximate surface area is 148 Å². The Hall–Kier alpha value is -3.75. The van der Waals surface area contributed by atoms with E-state index in [1.165, 1.54) is 13.0 Å². The van der Waals surface area contributed by atoms with Crippen LogP contribution in [0.1, 0.15) is 23.2 Å². The number of carbonyl (C=O) groups is 2. The van der Waals surface area contributed by atoms with Crippen LogP contribution in [-0.4, -0.2) is 27.2 Å². The number of carbonyl (C=O) groups excluding carboxylic acids is 2. The van der Waals surface area contributed by atoms with Crippen LogP contribution in [0.4, 0.5) is 23.0 Å². The van der Waals surface area contributed by atoms with Gasteiger partial charge in [-0.1, -0.05) is 11.2 Å². The van der Waals surface area contributed by atoms with Crippen LogP contribution in [0.5, 0.6) is 0 Å². The minimum absolute atomic E-state index is 0.142. The van der Waals surface area contributed by atoms with Crippen molar-refractivity contribution in [2.24, 2.45) is 0 Å². The highest BCUT2D eigenvalue weighted by Gasteiger charge is 2.11. The molecule has 0 radical (unpaired) electrons. The standard InChI is InChI=1S/C17H16N6O3/c1-10-8-16(23-26-10)20-17(25)14-6-7-15(22-21-14)19-13-5-3-4-12(9-13)18-11(2)24/h3-9H,1-2H3,(H,18,24)(H,19,22)(H,20,23,25). The van der Waals surface area contributed by atoms with E-state index in [1.807, 2.05) is 6.07 Å². The monoisotopic (exact) mass is 352 g/mol. The fourth-order valence-electron chi connectivity index (χ4n) is 2.15. The van der Waals surface area contributed by atoms with Gasteiger partial charge in [0.1, 0.15) is 5.76 Å². The molecule has 9 nitrogen and oxygen atoms in total. The van der Waals surface area contributed by atoms with Gasteiger partial charge in [0.05, 0.1) is 0 Å². The summed E-state index contributed by atoms with van der Waals surface area (Å²) in [6, 6.07) is 11.9. The molecule has 0 saturated carbocycles. The van der Waals surface area contributed by atoms with Crippen molar-refractivity contribution in [2.75, 3.05) is 16.0 Å². The van der Waals surface area contributed by atoms with Crippen molar-refractivity contribution in [2.45, 2.75) is 13.8 Å². The number of benzene rings is 1. The average molecular weight is 352 g/mol. The van der Waals surface area contributed by atoms with E-state index in [9.17, 15) is 9.59 Å². The summed E-state index contributed by atoms with van der Waals surface area (Å²) < 4.78 is 4.88. The summed E-state index contributed by atoms with van der Waals surface area (Å²) in [5, 5.41) is 19.9. The van der Waals surface area contributed by atoms with E-state index < -0.39 is 5.91 Å². The third-order valence-electron chi connectivity index (χ3n) is 3.22. The van der Waals surface area contributed by atoms with Crippen molar-refractivity contribution in [1.29, 1.82) is 0 Å². The first-order chi connectivity index (χ1) is 12.5. The SMILES string of the molecule is CC(=O)Nc1cccc(Nc2ccc(C(=O)Nc3cc(C)on3)nn2)c1. The van der Waals surface area contributed by atoms with Crippen molar-refractivity contribution in [3.63, 3.8) is 0 Å². The van der Waals surface area contributed by atoms with Gasteiger partial charge in [0.25, 0.3) is 5.91 Å². The summed E-state index contributed by atoms with van der Waals surface area (Å²) in [7, 11) is 0. The summed E-state index contributed by atoms with van der Waals surface area (Å²) in [6.07, 6.45) is 0. The Morgan fingerprint density at radius 1 is 0.962 bits per heavy atom. The molecule has 0 atom stereocenters. The smallest absolute Gasteiger partial charge is 0.277 e. The van der Waals surface area contributed by atoms with Crippen molar-refractivity contribution in [1.82, 2.24) is 15.4 Å². The molecule has 2 amide bonds. The van der Waals surface area contributed by atoms with Crippen LogP contribution >= 0.6 is 0 Å². The topological polar surface area (TPSA) is 122 Å². The number of hydrogen-bond donors (Lipinski definition) is 3. The Morgan fingerprint density at radius 2 is 1.77 bits per heavy atom. The molecule has 3 rings (SSSR count). The van der Waals surface area contributed by atoms with Crippen LogP contribution in [0.25, 0.3) is 0 Å². The van der Waals surface area contributed by atoms with Crippen LogP contribution < -0.4 is 16.0 Å². The van der Waals surface area contributed by atoms with Gasteiger partial charge in [-0.25, -0.2) is 0 Å². The van der Waals surface area contributed by atoms with Gasteiger partial charge in [-0.15, -0.1) is 10.2 Å². The molecule has 0 spiro atoms. The summed E-state index contributed by atoms with van der Waals surface area (Å²) in [5.41, 5.74) is 1.53. The predicted molar refractivity (Wildman–Crippen MR) is 95.3 cm³/mol. The first kappa shape index (κ1) is 17.1. The predicted octanol–water partition coefficient (Wildman–Crippen LogP) is 2.73. The molecule has 0 bridgehead atoms. The molecular weight excluding hydrogens is 336 g/mol. The van der Waals surface area contributed by atoms with E-state index in [0.29, 0.717) is 23.1 Å². The first-order valence-electron chi connectivity index (χ1n) is 7.73. The van der Waals surface area contributed by atoms with Gasteiger partial charge >= 0.3 is 0 Å². The molecule has 2 heterocycles. The number of hydrogen-bond acceptors (Lipinski definition) is 7. The van der Waals surface area contributed by atoms with Gasteiger partial charge in [0.15, 0.2) is 17.3 Å². The summed E-state index contributed by atoms with van der Waals surface area (Å²) >= 11 is 0. The lowest BCUT2D eigenvalue weighted by Gasteiger charge is -2.08. The van der Waals surface area contributed by atoms with E-state index in [2.05, 4.69) is 31.3 Å². The number of anilines is 4. The van der Waals surface area contributed by atoms with Gasteiger partial charge in [-0.05, 0) is 37.3 Å². The lowest BCUT2D eigenvalue weighted by atomic mass is 10.2. The van der Waals surface area contributed by atoms with Gasteiger partial charge in [-0.3, -0.25) is 9.59 Å². The zero-order valence-electron chi connectivity index (χ0n) is 14.1. The minimum atomic E-state index is -0.440. The Balaban J connectivity index is 1.66. The second kappa shape index (κ2) is 7.43. The number of rotatable bonds is 5. The molecule has 3 N–H and O–H groups in total. The van der Waals surface area contributed by atoms with E-state index >= 15 is 0 Å². The highest BCUT2D eigenvalue weighted by atomic mass is 16.5. The molecule has 0 saturated heterocycles. The number of aryl methyl sites for hydroxylation is 1. The molecule has 0 aliphatic carbocycles. The summed E-state index contributed by atoms with van der Waals surface area (Å²) in [5.74, 6) is 0.766. The van der Waals surface area contributed by atoms with Crippen molar-refractivity contribution >= 4 is 34.8 Å². The van der Waals surface area contributed by atoms with E-state index in [-0.39, 0.29) is 11.6 Å². The maximum atomic E-state index is 12.1. The third-order valence-corrected chi connectivity index (χ3v) is 3.22. The molecular formula is C17H16N6O3. The number of nitrogens with zero attached hydrogens (tertiary/aromatic N) is 3. The van der Waals surface area contributed by atoms with Crippen molar-refractivity contribution in [3.05, 3.63) is 53.9 Å². The van der Waals surface area contributed by atoms with Gasteiger partial charge in [-0.2, -0.15) is 0 Å². The lowest BCUT2D eigenvalue weighted by molar-refractivity contribution is -0.114. The van der Waals surface area contributed by atoms with E-state index in [4.69, 9.17) is 4.52 Å². The normalized spacial score (nSPS) is 10.2. The average Bonchev–Trinajstić information content (AvgIpc) is 3.00. The number of nitrogens with one attached hydrogen (secondary N) is 3. The highest BCUT2D eigenvalue weighted by Crippen LogP contribution is 2.19. The van der Waals surface area contributed by atoms with Gasteiger partial charge < -0.3 is 20.5 Å². The first-order valence-corrected chi connectivity index (χ1v) is 7.73. The molecule has 0 aliphatic rings. The molecule has 26 heavy (non-hydrogen) atoms. The minimum Gasteiger partial charge on any atom is -0.360 e. The van der Waals surface area contributed by atoms with Crippen LogP contribution in [0.3, 0.4) is 0 Å². The van der Waals surface area contributed by atoms with Gasteiger partial charge in [0, 0.05) is 24.4 Å². The second-order valence-corrected chi connectivity index (χ2v) is 5.47. The largest absolute Gasteiger partial charge is 0.360 e. The summed E-state index contributed by atoms with van der Waals surface area (Å²) in [4.78, 5) is 23.2. The van der Waals surface area contributed by atoms with E-state index in [1.54, 1.807) is 37.3 Å². The lowest BCUT2D eigenvalue weighted by Crippen LogP contribution is -2.14. The molecule has 132 valence electrons. The second-order valence-electron chi connectivity index (χ2n) is 5.47. The highest BCUT2D eigenvalue weighted by molar-refractivity contribution is 6.02. The molecule has 1 aromatic carbocycles. The maximum absolute atomic E-state index is 12.1. The Morgan fingerprint density at radius 3 is 2.42 bits per heavy atom. The molecule has 9 heteroatoms. The zero-order chi connectivity index (χ0) is 18.5. The quantitative estimate of drug-likeness (QED) is 0.645. The fraction of sp³-hybridized carbons (Fsp3) is 0.118. The third kappa shape index (κ3) is 4.41. The van der Waals surface area contributed by atoms with Gasteiger partial charge in [0.2, 0.25) is 5.91 Å². The molecule has 0 unspecified atom stereocenters. The fourth-order valence-corrected chi connectivity index (χ4v) is 2.15. The Bertz CT molecular complexity index is 936. The molecule has 0 aliphatic heterocycles. The van der Waals surface area contributed by atoms with Crippen LogP contribution in [0.2, 0.25) is 0 Å². The number of amides is 2. The maximum Gasteiger partial charge on any atom is 0.277 e.